The van der Waals surface area contributed by atoms with Crippen molar-refractivity contribution in [1.29, 1.82) is 0 Å². The quantitative estimate of drug-likeness (QED) is 0.787. The van der Waals surface area contributed by atoms with E-state index in [1.807, 2.05) is 24.3 Å². The van der Waals surface area contributed by atoms with E-state index in [2.05, 4.69) is 4.98 Å². The van der Waals surface area contributed by atoms with Crippen molar-refractivity contribution in [3.8, 4) is 5.69 Å². The standard InChI is InChI=1S/C15H19N3O3/c1-2-21-15(20)13-14(16)18(10-17-13)12-7-3-5-11(9-12)6-4-8-19/h3,5,7,9-10,19H,2,4,6,8,16H2,1H3. The molecule has 0 saturated carbocycles. The summed E-state index contributed by atoms with van der Waals surface area (Å²) in [6, 6.07) is 7.74. The number of benzene rings is 1. The Kier molecular flexibility index (Phi) is 4.94. The number of rotatable bonds is 6. The summed E-state index contributed by atoms with van der Waals surface area (Å²) in [7, 11) is 0. The molecule has 0 fully saturated rings. The Morgan fingerprint density at radius 2 is 2.29 bits per heavy atom. The lowest BCUT2D eigenvalue weighted by Crippen LogP contribution is -2.09. The van der Waals surface area contributed by atoms with E-state index >= 15 is 0 Å². The average Bonchev–Trinajstić information content (AvgIpc) is 2.87. The second-order valence-electron chi connectivity index (χ2n) is 4.57. The SMILES string of the molecule is CCOC(=O)c1ncn(-c2cccc(CCCO)c2)c1N. The van der Waals surface area contributed by atoms with Gasteiger partial charge in [-0.2, -0.15) is 0 Å². The van der Waals surface area contributed by atoms with E-state index in [9.17, 15) is 4.79 Å². The first-order chi connectivity index (χ1) is 10.2. The number of aromatic nitrogens is 2. The number of carbonyl (C=O) groups excluding carboxylic acids is 1. The van der Waals surface area contributed by atoms with Crippen molar-refractivity contribution in [2.75, 3.05) is 18.9 Å². The minimum Gasteiger partial charge on any atom is -0.461 e. The molecule has 0 aliphatic heterocycles. The van der Waals surface area contributed by atoms with E-state index in [1.165, 1.54) is 6.33 Å². The Bertz CT molecular complexity index is 622. The van der Waals surface area contributed by atoms with Crippen LogP contribution in [0.5, 0.6) is 0 Å². The Hall–Kier alpha value is -2.34. The maximum absolute atomic E-state index is 11.7. The van der Waals surface area contributed by atoms with E-state index in [1.54, 1.807) is 11.5 Å². The van der Waals surface area contributed by atoms with Gasteiger partial charge in [-0.15, -0.1) is 0 Å². The summed E-state index contributed by atoms with van der Waals surface area (Å²) in [4.78, 5) is 15.7. The van der Waals surface area contributed by atoms with Gasteiger partial charge in [-0.05, 0) is 37.5 Å². The zero-order valence-electron chi connectivity index (χ0n) is 12.0. The lowest BCUT2D eigenvalue weighted by atomic mass is 10.1. The van der Waals surface area contributed by atoms with Gasteiger partial charge in [0.2, 0.25) is 0 Å². The molecule has 0 bridgehead atoms. The van der Waals surface area contributed by atoms with Gasteiger partial charge < -0.3 is 15.6 Å². The highest BCUT2D eigenvalue weighted by molar-refractivity contribution is 5.92. The number of nitrogens with zero attached hydrogens (tertiary/aromatic N) is 2. The number of imidazole rings is 1. The van der Waals surface area contributed by atoms with Crippen LogP contribution in [-0.2, 0) is 11.2 Å². The molecule has 2 aromatic rings. The van der Waals surface area contributed by atoms with Crippen LogP contribution in [0.25, 0.3) is 5.69 Å². The van der Waals surface area contributed by atoms with E-state index in [0.29, 0.717) is 6.42 Å². The fraction of sp³-hybridized carbons (Fsp3) is 0.333. The van der Waals surface area contributed by atoms with Crippen molar-refractivity contribution in [2.24, 2.45) is 0 Å². The highest BCUT2D eigenvalue weighted by Crippen LogP contribution is 2.19. The van der Waals surface area contributed by atoms with E-state index in [4.69, 9.17) is 15.6 Å². The number of nitrogen functional groups attached to an aromatic ring is 1. The molecule has 6 heteroatoms. The molecule has 1 aromatic heterocycles. The van der Waals surface area contributed by atoms with Gasteiger partial charge in [-0.1, -0.05) is 12.1 Å². The largest absolute Gasteiger partial charge is 0.461 e. The number of carbonyl (C=O) groups is 1. The molecule has 0 spiro atoms. The number of aliphatic hydroxyl groups excluding tert-OH is 1. The van der Waals surface area contributed by atoms with Crippen molar-refractivity contribution in [3.05, 3.63) is 41.9 Å². The summed E-state index contributed by atoms with van der Waals surface area (Å²) >= 11 is 0. The molecule has 21 heavy (non-hydrogen) atoms. The van der Waals surface area contributed by atoms with Crippen molar-refractivity contribution >= 4 is 11.8 Å². The molecule has 1 heterocycles. The predicted molar refractivity (Wildman–Crippen MR) is 79.3 cm³/mol. The monoisotopic (exact) mass is 289 g/mol. The average molecular weight is 289 g/mol. The third-order valence-electron chi connectivity index (χ3n) is 3.09. The van der Waals surface area contributed by atoms with Crippen molar-refractivity contribution in [2.45, 2.75) is 19.8 Å². The summed E-state index contributed by atoms with van der Waals surface area (Å²) in [5, 5.41) is 8.89. The Morgan fingerprint density at radius 3 is 3.00 bits per heavy atom. The molecular formula is C15H19N3O3. The van der Waals surface area contributed by atoms with Crippen LogP contribution in [0.1, 0.15) is 29.4 Å². The summed E-state index contributed by atoms with van der Waals surface area (Å²) < 4.78 is 6.56. The summed E-state index contributed by atoms with van der Waals surface area (Å²) in [5.41, 5.74) is 8.01. The molecule has 0 saturated heterocycles. The Morgan fingerprint density at radius 1 is 1.48 bits per heavy atom. The number of aliphatic hydroxyl groups is 1. The van der Waals surface area contributed by atoms with E-state index in [0.717, 1.165) is 17.7 Å². The molecule has 1 aromatic carbocycles. The fourth-order valence-corrected chi connectivity index (χ4v) is 2.07. The van der Waals surface area contributed by atoms with Gasteiger partial charge in [0.25, 0.3) is 0 Å². The van der Waals surface area contributed by atoms with E-state index in [-0.39, 0.29) is 24.7 Å². The molecule has 0 amide bonds. The first-order valence-corrected chi connectivity index (χ1v) is 6.87. The zero-order chi connectivity index (χ0) is 15.2. The number of hydrogen-bond donors (Lipinski definition) is 2. The van der Waals surface area contributed by atoms with Crippen LogP contribution >= 0.6 is 0 Å². The Balaban J connectivity index is 2.28. The van der Waals surface area contributed by atoms with Crippen LogP contribution in [0.15, 0.2) is 30.6 Å². The number of hydrogen-bond acceptors (Lipinski definition) is 5. The minimum atomic E-state index is -0.523. The van der Waals surface area contributed by atoms with Crippen LogP contribution < -0.4 is 5.73 Å². The van der Waals surface area contributed by atoms with Crippen LogP contribution in [-0.4, -0.2) is 33.8 Å². The zero-order valence-corrected chi connectivity index (χ0v) is 12.0. The normalized spacial score (nSPS) is 10.6. The molecular weight excluding hydrogens is 270 g/mol. The van der Waals surface area contributed by atoms with Crippen molar-refractivity contribution in [3.63, 3.8) is 0 Å². The predicted octanol–water partition coefficient (Wildman–Crippen LogP) is 1.56. The first-order valence-electron chi connectivity index (χ1n) is 6.87. The van der Waals surface area contributed by atoms with Gasteiger partial charge >= 0.3 is 5.97 Å². The third-order valence-corrected chi connectivity index (χ3v) is 3.09. The lowest BCUT2D eigenvalue weighted by Gasteiger charge is -2.08. The molecule has 3 N–H and O–H groups in total. The Labute approximate surface area is 123 Å². The maximum Gasteiger partial charge on any atom is 0.360 e. The maximum atomic E-state index is 11.7. The molecule has 112 valence electrons. The van der Waals surface area contributed by atoms with E-state index < -0.39 is 5.97 Å². The second kappa shape index (κ2) is 6.90. The molecule has 0 radical (unpaired) electrons. The molecule has 0 aliphatic rings. The molecule has 6 nitrogen and oxygen atoms in total. The number of esters is 1. The minimum absolute atomic E-state index is 0.123. The molecule has 0 atom stereocenters. The van der Waals surface area contributed by atoms with Crippen LogP contribution in [0.4, 0.5) is 5.82 Å². The van der Waals surface area contributed by atoms with Gasteiger partial charge in [-0.3, -0.25) is 4.57 Å². The molecule has 2 rings (SSSR count). The molecule has 0 aliphatic carbocycles. The number of anilines is 1. The van der Waals surface area contributed by atoms with Crippen molar-refractivity contribution < 1.29 is 14.6 Å². The van der Waals surface area contributed by atoms with Gasteiger partial charge in [0.1, 0.15) is 12.1 Å². The number of nitrogens with two attached hydrogens (primary N) is 1. The van der Waals surface area contributed by atoms with Crippen LogP contribution in [0.2, 0.25) is 0 Å². The third kappa shape index (κ3) is 3.41. The highest BCUT2D eigenvalue weighted by Gasteiger charge is 2.17. The summed E-state index contributed by atoms with van der Waals surface area (Å²) in [5.74, 6) is -0.266. The van der Waals surface area contributed by atoms with Gasteiger partial charge in [-0.25, -0.2) is 9.78 Å². The summed E-state index contributed by atoms with van der Waals surface area (Å²) in [6.45, 7) is 2.17. The molecule has 0 unspecified atom stereocenters. The first kappa shape index (κ1) is 15.1. The van der Waals surface area contributed by atoms with Crippen LogP contribution in [0, 0.1) is 0 Å². The van der Waals surface area contributed by atoms with Gasteiger partial charge in [0.15, 0.2) is 5.69 Å². The smallest absolute Gasteiger partial charge is 0.360 e. The summed E-state index contributed by atoms with van der Waals surface area (Å²) in [6.07, 6.45) is 2.99. The fourth-order valence-electron chi connectivity index (χ4n) is 2.07. The van der Waals surface area contributed by atoms with Gasteiger partial charge in [0, 0.05) is 12.3 Å². The van der Waals surface area contributed by atoms with Gasteiger partial charge in [0.05, 0.1) is 6.61 Å². The van der Waals surface area contributed by atoms with Crippen LogP contribution in [0.3, 0.4) is 0 Å². The number of aryl methyl sites for hydroxylation is 1. The lowest BCUT2D eigenvalue weighted by molar-refractivity contribution is 0.0521. The van der Waals surface area contributed by atoms with Crippen molar-refractivity contribution in [1.82, 2.24) is 9.55 Å². The second-order valence-corrected chi connectivity index (χ2v) is 4.57. The topological polar surface area (TPSA) is 90.4 Å². The highest BCUT2D eigenvalue weighted by atomic mass is 16.5. The number of ether oxygens (including phenoxy) is 1.